The predicted molar refractivity (Wildman–Crippen MR) is 192 cm³/mol. The lowest BCUT2D eigenvalue weighted by atomic mass is 9.85. The maximum Gasteiger partial charge on any atom is 0.145 e. The van der Waals surface area contributed by atoms with Crippen molar-refractivity contribution in [3.05, 3.63) is 164 Å². The van der Waals surface area contributed by atoms with Crippen molar-refractivity contribution >= 4 is 43.4 Å². The van der Waals surface area contributed by atoms with E-state index in [1.165, 1.54) is 32.7 Å². The van der Waals surface area contributed by atoms with E-state index in [1.54, 1.807) is 6.07 Å². The Hall–Kier alpha value is -6.19. The summed E-state index contributed by atoms with van der Waals surface area (Å²) in [4.78, 5) is 5.15. The highest BCUT2D eigenvalue weighted by atomic mass is 16.3. The molecule has 0 saturated heterocycles. The first-order valence-corrected chi connectivity index (χ1v) is 15.5. The molecule has 0 aliphatic carbocycles. The lowest BCUT2D eigenvalue weighted by molar-refractivity contribution is 0.476. The molecule has 0 aliphatic heterocycles. The number of aromatic nitrogens is 2. The molecule has 3 nitrogen and oxygen atoms in total. The number of benzene rings is 8. The third-order valence-corrected chi connectivity index (χ3v) is 9.03. The molecule has 1 aromatic heterocycles. The number of hydrogen-bond donors (Lipinski definition) is 1. The summed E-state index contributed by atoms with van der Waals surface area (Å²) in [6.07, 6.45) is 0. The Morgan fingerprint density at radius 2 is 1.00 bits per heavy atom. The first-order chi connectivity index (χ1) is 22.7. The van der Waals surface area contributed by atoms with Crippen LogP contribution in [-0.4, -0.2) is 14.7 Å². The summed E-state index contributed by atoms with van der Waals surface area (Å²) in [5.74, 6) is 1.20. The van der Waals surface area contributed by atoms with Crippen LogP contribution in [0.25, 0.3) is 82.7 Å². The molecule has 0 bridgehead atoms. The summed E-state index contributed by atoms with van der Waals surface area (Å²) in [5.41, 5.74) is 8.93. The molecular formula is C43H28N2O. The number of phenolic OH excluding ortho intramolecular Hbond substituents is 1. The fourth-order valence-electron chi connectivity index (χ4n) is 7.01. The van der Waals surface area contributed by atoms with E-state index < -0.39 is 0 Å². The topological polar surface area (TPSA) is 38.1 Å². The van der Waals surface area contributed by atoms with E-state index in [2.05, 4.69) is 138 Å². The first-order valence-electron chi connectivity index (χ1n) is 15.5. The van der Waals surface area contributed by atoms with E-state index >= 15 is 0 Å². The molecule has 8 aromatic carbocycles. The number of phenols is 1. The van der Waals surface area contributed by atoms with Gasteiger partial charge in [-0.15, -0.1) is 0 Å². The second kappa shape index (κ2) is 10.5. The number of imidazole rings is 1. The first kappa shape index (κ1) is 26.2. The van der Waals surface area contributed by atoms with Crippen LogP contribution < -0.4 is 0 Å². The quantitative estimate of drug-likeness (QED) is 0.208. The molecule has 0 saturated carbocycles. The Morgan fingerprint density at radius 3 is 1.72 bits per heavy atom. The van der Waals surface area contributed by atoms with Crippen molar-refractivity contribution in [3.63, 3.8) is 0 Å². The molecular weight excluding hydrogens is 560 g/mol. The lowest BCUT2D eigenvalue weighted by Crippen LogP contribution is -1.97. The molecule has 9 rings (SSSR count). The summed E-state index contributed by atoms with van der Waals surface area (Å²) < 4.78 is 2.26. The van der Waals surface area contributed by atoms with E-state index in [4.69, 9.17) is 4.98 Å². The van der Waals surface area contributed by atoms with Gasteiger partial charge >= 0.3 is 0 Å². The third-order valence-electron chi connectivity index (χ3n) is 9.03. The van der Waals surface area contributed by atoms with Crippen LogP contribution in [0.1, 0.15) is 0 Å². The van der Waals surface area contributed by atoms with E-state index in [1.807, 2.05) is 24.3 Å². The van der Waals surface area contributed by atoms with Crippen LogP contribution in [0.3, 0.4) is 0 Å². The van der Waals surface area contributed by atoms with Crippen molar-refractivity contribution in [1.82, 2.24) is 9.55 Å². The van der Waals surface area contributed by atoms with Gasteiger partial charge in [0.05, 0.1) is 11.0 Å². The molecule has 0 amide bonds. The molecule has 0 radical (unpaired) electrons. The van der Waals surface area contributed by atoms with Crippen LogP contribution in [0.5, 0.6) is 5.75 Å². The zero-order valence-electron chi connectivity index (χ0n) is 24.9. The molecule has 0 fully saturated rings. The molecule has 3 heteroatoms. The number of hydrogen-bond acceptors (Lipinski definition) is 2. The maximum atomic E-state index is 10.0. The number of aromatic hydroxyl groups is 1. The van der Waals surface area contributed by atoms with E-state index in [0.717, 1.165) is 50.0 Å². The molecule has 216 valence electrons. The van der Waals surface area contributed by atoms with Crippen molar-refractivity contribution in [2.24, 2.45) is 0 Å². The average molecular weight is 589 g/mol. The van der Waals surface area contributed by atoms with Crippen molar-refractivity contribution < 1.29 is 5.11 Å². The molecule has 0 unspecified atom stereocenters. The van der Waals surface area contributed by atoms with Gasteiger partial charge < -0.3 is 5.11 Å². The predicted octanol–water partition coefficient (Wildman–Crippen LogP) is 11.2. The van der Waals surface area contributed by atoms with Gasteiger partial charge in [-0.3, -0.25) is 4.57 Å². The Bertz CT molecular complexity index is 2540. The van der Waals surface area contributed by atoms with Crippen molar-refractivity contribution in [2.45, 2.75) is 0 Å². The molecule has 46 heavy (non-hydrogen) atoms. The minimum absolute atomic E-state index is 0.280. The van der Waals surface area contributed by atoms with Crippen LogP contribution in [-0.2, 0) is 0 Å². The summed E-state index contributed by atoms with van der Waals surface area (Å²) in [7, 11) is 0. The normalized spacial score (nSPS) is 11.6. The van der Waals surface area contributed by atoms with E-state index in [9.17, 15) is 5.11 Å². The van der Waals surface area contributed by atoms with Gasteiger partial charge in [0.1, 0.15) is 11.6 Å². The van der Waals surface area contributed by atoms with Crippen molar-refractivity contribution in [3.8, 4) is 45.1 Å². The summed E-state index contributed by atoms with van der Waals surface area (Å²) in [6, 6.07) is 57.2. The van der Waals surface area contributed by atoms with Gasteiger partial charge in [0.25, 0.3) is 0 Å². The van der Waals surface area contributed by atoms with Gasteiger partial charge in [-0.05, 0) is 103 Å². The van der Waals surface area contributed by atoms with E-state index in [0.29, 0.717) is 0 Å². The fraction of sp³-hybridized carbons (Fsp3) is 0. The molecule has 0 spiro atoms. The Balaban J connectivity index is 1.30. The molecule has 0 atom stereocenters. The smallest absolute Gasteiger partial charge is 0.145 e. The maximum absolute atomic E-state index is 10.0. The van der Waals surface area contributed by atoms with Crippen LogP contribution >= 0.6 is 0 Å². The fourth-order valence-corrected chi connectivity index (χ4v) is 7.01. The van der Waals surface area contributed by atoms with Crippen LogP contribution in [0.15, 0.2) is 164 Å². The molecule has 0 aliphatic rings. The highest BCUT2D eigenvalue weighted by Gasteiger charge is 2.19. The van der Waals surface area contributed by atoms with Crippen molar-refractivity contribution in [1.29, 1.82) is 0 Å². The van der Waals surface area contributed by atoms with Gasteiger partial charge in [-0.1, -0.05) is 115 Å². The molecule has 9 aromatic rings. The number of rotatable bonds is 4. The lowest BCUT2D eigenvalue weighted by Gasteiger charge is -2.18. The standard InChI is InChI=1S/C43H28N2O/c46-34-24-23-28-25-31(22-21-29(28)27-34)42-37-17-6-4-15-35(37)41(36-16-5-7-18-38(36)42)30-11-10-12-32(26-30)43-44-39-19-8-9-20-40(39)45(43)33-13-2-1-3-14-33/h1-27,46H. The second-order valence-corrected chi connectivity index (χ2v) is 11.8. The average Bonchev–Trinajstić information content (AvgIpc) is 3.51. The highest BCUT2D eigenvalue weighted by molar-refractivity contribution is 6.21. The zero-order valence-corrected chi connectivity index (χ0v) is 24.9. The SMILES string of the molecule is Oc1ccc2cc(-c3c4ccccc4c(-c4cccc(-c5nc6ccccc6n5-c5ccccc5)c4)c4ccccc34)ccc2c1. The largest absolute Gasteiger partial charge is 0.508 e. The zero-order chi connectivity index (χ0) is 30.6. The van der Waals surface area contributed by atoms with Crippen LogP contribution in [0, 0.1) is 0 Å². The minimum Gasteiger partial charge on any atom is -0.508 e. The second-order valence-electron chi connectivity index (χ2n) is 11.8. The van der Waals surface area contributed by atoms with Gasteiger partial charge in [0.2, 0.25) is 0 Å². The summed E-state index contributed by atoms with van der Waals surface area (Å²) >= 11 is 0. The van der Waals surface area contributed by atoms with Crippen LogP contribution in [0.4, 0.5) is 0 Å². The summed E-state index contributed by atoms with van der Waals surface area (Å²) in [6.45, 7) is 0. The van der Waals surface area contributed by atoms with Gasteiger partial charge in [-0.25, -0.2) is 4.98 Å². The Labute approximate surface area is 266 Å². The van der Waals surface area contributed by atoms with E-state index in [-0.39, 0.29) is 5.75 Å². The molecule has 1 heterocycles. The monoisotopic (exact) mass is 588 g/mol. The van der Waals surface area contributed by atoms with Crippen LogP contribution in [0.2, 0.25) is 0 Å². The highest BCUT2D eigenvalue weighted by Crippen LogP contribution is 2.45. The minimum atomic E-state index is 0.280. The summed E-state index contributed by atoms with van der Waals surface area (Å²) in [5, 5.41) is 17.0. The van der Waals surface area contributed by atoms with Crippen molar-refractivity contribution in [2.75, 3.05) is 0 Å². The number of nitrogens with zero attached hydrogens (tertiary/aromatic N) is 2. The van der Waals surface area contributed by atoms with Gasteiger partial charge in [-0.2, -0.15) is 0 Å². The molecule has 1 N–H and O–H groups in total. The van der Waals surface area contributed by atoms with Gasteiger partial charge in [0, 0.05) is 11.3 Å². The Kier molecular flexibility index (Phi) is 5.97. The van der Waals surface area contributed by atoms with Gasteiger partial charge in [0.15, 0.2) is 0 Å². The Morgan fingerprint density at radius 1 is 0.435 bits per heavy atom. The third kappa shape index (κ3) is 4.17. The number of para-hydroxylation sites is 3. The number of fused-ring (bicyclic) bond motifs is 4.